The summed E-state index contributed by atoms with van der Waals surface area (Å²) in [7, 11) is 1.64. The van der Waals surface area contributed by atoms with Crippen molar-refractivity contribution < 1.29 is 14.4 Å². The maximum atomic E-state index is 12.3. The average Bonchev–Trinajstić information content (AvgIpc) is 3.01. The molecule has 0 bridgehead atoms. The molecule has 1 amide bonds. The Morgan fingerprint density at radius 1 is 1.38 bits per heavy atom. The molecule has 0 aliphatic heterocycles. The molecule has 6 nitrogen and oxygen atoms in total. The first-order chi connectivity index (χ1) is 10.1. The van der Waals surface area contributed by atoms with Crippen LogP contribution in [-0.4, -0.2) is 24.0 Å². The molecule has 0 fully saturated rings. The van der Waals surface area contributed by atoms with E-state index in [4.69, 9.17) is 15.4 Å². The molecule has 0 spiro atoms. The van der Waals surface area contributed by atoms with Gasteiger partial charge in [-0.25, -0.2) is 0 Å². The number of aryl methyl sites for hydroxylation is 1. The topological polar surface area (TPSA) is 92.1 Å². The van der Waals surface area contributed by atoms with Crippen LogP contribution in [0.2, 0.25) is 0 Å². The van der Waals surface area contributed by atoms with E-state index >= 15 is 0 Å². The summed E-state index contributed by atoms with van der Waals surface area (Å²) in [5.41, 5.74) is 6.70. The number of furan rings is 1. The van der Waals surface area contributed by atoms with Gasteiger partial charge >= 0.3 is 0 Å². The number of benzene rings is 1. The van der Waals surface area contributed by atoms with Crippen molar-refractivity contribution in [3.8, 4) is 0 Å². The Balaban J connectivity index is 2.27. The smallest absolute Gasteiger partial charge is 0.293 e. The highest BCUT2D eigenvalue weighted by molar-refractivity contribution is 6.05. The number of hydrogen-bond acceptors (Lipinski definition) is 4. The van der Waals surface area contributed by atoms with Gasteiger partial charge in [0.05, 0.1) is 0 Å². The summed E-state index contributed by atoms with van der Waals surface area (Å²) >= 11 is 0. The highest BCUT2D eigenvalue weighted by Gasteiger charge is 2.17. The number of nitrogens with two attached hydrogens (primary N) is 1. The maximum Gasteiger partial charge on any atom is 0.293 e. The van der Waals surface area contributed by atoms with Gasteiger partial charge in [0.25, 0.3) is 5.91 Å². The minimum atomic E-state index is -0.258. The quantitative estimate of drug-likeness (QED) is 0.390. The standard InChI is InChI=1S/C15H17N3O3/c1-3-12-7-8-13(21-12)15(19)18(2)11-6-4-5-10(9-11)14(16)17-20/h4-9,20H,3H2,1-2H3,(H2,16,17). The predicted octanol–water partition coefficient (Wildman–Crippen LogP) is 2.21. The first-order valence-corrected chi connectivity index (χ1v) is 6.51. The molecule has 0 aliphatic carbocycles. The second kappa shape index (κ2) is 6.13. The molecule has 6 heteroatoms. The lowest BCUT2D eigenvalue weighted by molar-refractivity contribution is 0.0965. The van der Waals surface area contributed by atoms with E-state index in [-0.39, 0.29) is 17.5 Å². The molecule has 2 aromatic rings. The summed E-state index contributed by atoms with van der Waals surface area (Å²) in [6.07, 6.45) is 0.732. The van der Waals surface area contributed by atoms with Gasteiger partial charge in [0.2, 0.25) is 0 Å². The van der Waals surface area contributed by atoms with Gasteiger partial charge in [-0.05, 0) is 24.3 Å². The van der Waals surface area contributed by atoms with Crippen molar-refractivity contribution in [2.24, 2.45) is 10.9 Å². The largest absolute Gasteiger partial charge is 0.456 e. The van der Waals surface area contributed by atoms with Crippen LogP contribution in [0.25, 0.3) is 0 Å². The lowest BCUT2D eigenvalue weighted by Crippen LogP contribution is -2.26. The molecule has 0 radical (unpaired) electrons. The van der Waals surface area contributed by atoms with E-state index in [0.29, 0.717) is 11.3 Å². The van der Waals surface area contributed by atoms with Crippen LogP contribution in [0.4, 0.5) is 5.69 Å². The van der Waals surface area contributed by atoms with Gasteiger partial charge in [-0.15, -0.1) is 0 Å². The average molecular weight is 287 g/mol. The molecule has 21 heavy (non-hydrogen) atoms. The van der Waals surface area contributed by atoms with Gasteiger partial charge in [0.15, 0.2) is 11.6 Å². The Morgan fingerprint density at radius 2 is 2.14 bits per heavy atom. The van der Waals surface area contributed by atoms with Gasteiger partial charge in [-0.3, -0.25) is 4.79 Å². The zero-order valence-corrected chi connectivity index (χ0v) is 11.9. The molecule has 0 aliphatic rings. The fourth-order valence-corrected chi connectivity index (χ4v) is 1.90. The molecule has 0 unspecified atom stereocenters. The van der Waals surface area contributed by atoms with Crippen LogP contribution in [0.1, 0.15) is 28.8 Å². The Labute approximate surface area is 122 Å². The lowest BCUT2D eigenvalue weighted by Gasteiger charge is -2.16. The van der Waals surface area contributed by atoms with Crippen LogP contribution < -0.4 is 10.6 Å². The third-order valence-corrected chi connectivity index (χ3v) is 3.16. The van der Waals surface area contributed by atoms with Crippen LogP contribution in [0.5, 0.6) is 0 Å². The summed E-state index contributed by atoms with van der Waals surface area (Å²) < 4.78 is 5.46. The summed E-state index contributed by atoms with van der Waals surface area (Å²) in [4.78, 5) is 13.8. The number of amides is 1. The van der Waals surface area contributed by atoms with E-state index < -0.39 is 0 Å². The van der Waals surface area contributed by atoms with Crippen molar-refractivity contribution in [3.63, 3.8) is 0 Å². The Morgan fingerprint density at radius 3 is 2.76 bits per heavy atom. The third kappa shape index (κ3) is 3.05. The fourth-order valence-electron chi connectivity index (χ4n) is 1.90. The van der Waals surface area contributed by atoms with E-state index in [1.165, 1.54) is 4.90 Å². The van der Waals surface area contributed by atoms with Crippen LogP contribution in [-0.2, 0) is 6.42 Å². The number of oxime groups is 1. The van der Waals surface area contributed by atoms with Crippen molar-refractivity contribution >= 4 is 17.4 Å². The molecule has 2 rings (SSSR count). The SMILES string of the molecule is CCc1ccc(C(=O)N(C)c2cccc(C(N)=NO)c2)o1. The first kappa shape index (κ1) is 14.6. The molecule has 1 aromatic carbocycles. The molecule has 0 atom stereocenters. The van der Waals surface area contributed by atoms with Gasteiger partial charge in [-0.2, -0.15) is 0 Å². The van der Waals surface area contributed by atoms with E-state index in [2.05, 4.69) is 5.16 Å². The summed E-state index contributed by atoms with van der Waals surface area (Å²) in [5.74, 6) is 0.774. The zero-order valence-electron chi connectivity index (χ0n) is 11.9. The monoisotopic (exact) mass is 287 g/mol. The van der Waals surface area contributed by atoms with Crippen molar-refractivity contribution in [1.29, 1.82) is 0 Å². The van der Waals surface area contributed by atoms with Crippen LogP contribution >= 0.6 is 0 Å². The first-order valence-electron chi connectivity index (χ1n) is 6.51. The number of nitrogens with zero attached hydrogens (tertiary/aromatic N) is 2. The molecular formula is C15H17N3O3. The Bertz CT molecular complexity index is 676. The molecule has 1 heterocycles. The number of amidine groups is 1. The van der Waals surface area contributed by atoms with Gasteiger partial charge in [0.1, 0.15) is 5.76 Å². The van der Waals surface area contributed by atoms with E-state index in [9.17, 15) is 4.79 Å². The van der Waals surface area contributed by atoms with Crippen molar-refractivity contribution in [1.82, 2.24) is 0 Å². The summed E-state index contributed by atoms with van der Waals surface area (Å²) in [5, 5.41) is 11.7. The number of anilines is 1. The van der Waals surface area contributed by atoms with Crippen molar-refractivity contribution in [2.75, 3.05) is 11.9 Å². The van der Waals surface area contributed by atoms with Crippen LogP contribution in [0.15, 0.2) is 46.0 Å². The maximum absolute atomic E-state index is 12.3. The number of rotatable bonds is 4. The number of hydrogen-bond donors (Lipinski definition) is 2. The molecule has 1 aromatic heterocycles. The van der Waals surface area contributed by atoms with Crippen molar-refractivity contribution in [2.45, 2.75) is 13.3 Å². The molecule has 0 saturated heterocycles. The molecule has 3 N–H and O–H groups in total. The van der Waals surface area contributed by atoms with E-state index in [1.807, 2.05) is 6.92 Å². The number of carbonyl (C=O) groups is 1. The van der Waals surface area contributed by atoms with Crippen molar-refractivity contribution in [3.05, 3.63) is 53.5 Å². The highest BCUT2D eigenvalue weighted by atomic mass is 16.4. The minimum absolute atomic E-state index is 0.0102. The normalized spacial score (nSPS) is 11.4. The molecular weight excluding hydrogens is 270 g/mol. The predicted molar refractivity (Wildman–Crippen MR) is 79.8 cm³/mol. The lowest BCUT2D eigenvalue weighted by atomic mass is 10.1. The fraction of sp³-hybridized carbons (Fsp3) is 0.200. The molecule has 0 saturated carbocycles. The van der Waals surface area contributed by atoms with Gasteiger partial charge in [0, 0.05) is 24.7 Å². The second-order valence-corrected chi connectivity index (χ2v) is 4.52. The summed E-state index contributed by atoms with van der Waals surface area (Å²) in [6, 6.07) is 10.3. The van der Waals surface area contributed by atoms with Crippen LogP contribution in [0, 0.1) is 0 Å². The van der Waals surface area contributed by atoms with E-state index in [1.54, 1.807) is 43.4 Å². The van der Waals surface area contributed by atoms with Crippen LogP contribution in [0.3, 0.4) is 0 Å². The number of carbonyl (C=O) groups excluding carboxylic acids is 1. The zero-order chi connectivity index (χ0) is 15.4. The summed E-state index contributed by atoms with van der Waals surface area (Å²) in [6.45, 7) is 1.96. The highest BCUT2D eigenvalue weighted by Crippen LogP contribution is 2.18. The second-order valence-electron chi connectivity index (χ2n) is 4.52. The molecule has 110 valence electrons. The van der Waals surface area contributed by atoms with E-state index in [0.717, 1.165) is 12.2 Å². The Hall–Kier alpha value is -2.76. The third-order valence-electron chi connectivity index (χ3n) is 3.16. The Kier molecular flexibility index (Phi) is 4.27. The van der Waals surface area contributed by atoms with Gasteiger partial charge < -0.3 is 20.3 Å². The minimum Gasteiger partial charge on any atom is -0.456 e. The van der Waals surface area contributed by atoms with Gasteiger partial charge in [-0.1, -0.05) is 24.2 Å².